The van der Waals surface area contributed by atoms with E-state index in [2.05, 4.69) is 17.0 Å². The van der Waals surface area contributed by atoms with Gasteiger partial charge < -0.3 is 14.7 Å². The first-order valence-corrected chi connectivity index (χ1v) is 8.56. The number of carboxylic acid groups (broad SMARTS) is 1. The van der Waals surface area contributed by atoms with Gasteiger partial charge in [-0.05, 0) is 24.8 Å². The minimum Gasteiger partial charge on any atom is -0.480 e. The molecule has 1 aromatic carbocycles. The van der Waals surface area contributed by atoms with Crippen molar-refractivity contribution in [2.75, 3.05) is 26.2 Å². The van der Waals surface area contributed by atoms with Gasteiger partial charge in [-0.3, -0.25) is 9.69 Å². The number of nitrogens with zero attached hydrogens (tertiary/aromatic N) is 2. The van der Waals surface area contributed by atoms with Crippen LogP contribution in [-0.4, -0.2) is 65.2 Å². The fraction of sp³-hybridized carbons (Fsp3) is 0.556. The van der Waals surface area contributed by atoms with Crippen molar-refractivity contribution >= 4 is 11.9 Å². The fourth-order valence-corrected chi connectivity index (χ4v) is 3.47. The zero-order chi connectivity index (χ0) is 16.9. The van der Waals surface area contributed by atoms with Crippen molar-refractivity contribution in [1.82, 2.24) is 9.80 Å². The topological polar surface area (TPSA) is 70.1 Å². The normalized spacial score (nSPS) is 25.4. The summed E-state index contributed by atoms with van der Waals surface area (Å²) in [6.07, 6.45) is 1.67. The largest absolute Gasteiger partial charge is 0.480 e. The number of hydrogen-bond acceptors (Lipinski definition) is 4. The van der Waals surface area contributed by atoms with Crippen molar-refractivity contribution in [1.29, 1.82) is 0 Å². The second-order valence-corrected chi connectivity index (χ2v) is 6.46. The zero-order valence-corrected chi connectivity index (χ0v) is 13.8. The van der Waals surface area contributed by atoms with Crippen LogP contribution in [0.1, 0.15) is 24.8 Å². The standard InChI is InChI=1S/C18H24N2O4/c21-17(20-9-5-4-8-15(20)18(22)23)16-13-19(10-11-24-16)12-14-6-2-1-3-7-14/h1-3,6-7,15-16H,4-5,8-13H2,(H,22,23). The Balaban J connectivity index is 1.63. The van der Waals surface area contributed by atoms with Gasteiger partial charge in [-0.1, -0.05) is 30.3 Å². The van der Waals surface area contributed by atoms with Gasteiger partial charge in [0.1, 0.15) is 12.1 Å². The summed E-state index contributed by atoms with van der Waals surface area (Å²) in [6, 6.07) is 9.42. The lowest BCUT2D eigenvalue weighted by Crippen LogP contribution is -2.56. The van der Waals surface area contributed by atoms with Crippen LogP contribution in [0, 0.1) is 0 Å². The molecular formula is C18H24N2O4. The van der Waals surface area contributed by atoms with E-state index in [0.717, 1.165) is 25.9 Å². The Kier molecular flexibility index (Phi) is 5.48. The molecule has 0 radical (unpaired) electrons. The van der Waals surface area contributed by atoms with E-state index in [9.17, 15) is 14.7 Å². The quantitative estimate of drug-likeness (QED) is 0.901. The lowest BCUT2D eigenvalue weighted by atomic mass is 10.0. The number of amides is 1. The highest BCUT2D eigenvalue weighted by atomic mass is 16.5. The molecule has 2 atom stereocenters. The molecule has 2 aliphatic rings. The molecule has 6 nitrogen and oxygen atoms in total. The SMILES string of the molecule is O=C(O)C1CCCCN1C(=O)C1CN(Cc2ccccc2)CCO1. The van der Waals surface area contributed by atoms with E-state index < -0.39 is 18.1 Å². The molecule has 2 heterocycles. The summed E-state index contributed by atoms with van der Waals surface area (Å²) in [5, 5.41) is 9.36. The van der Waals surface area contributed by atoms with Crippen molar-refractivity contribution in [3.05, 3.63) is 35.9 Å². The van der Waals surface area contributed by atoms with Crippen LogP contribution in [-0.2, 0) is 20.9 Å². The highest BCUT2D eigenvalue weighted by molar-refractivity contribution is 5.86. The summed E-state index contributed by atoms with van der Waals surface area (Å²) in [5.41, 5.74) is 1.20. The van der Waals surface area contributed by atoms with Crippen LogP contribution in [0.3, 0.4) is 0 Å². The van der Waals surface area contributed by atoms with Gasteiger partial charge in [0.15, 0.2) is 0 Å². The second kappa shape index (κ2) is 7.77. The maximum absolute atomic E-state index is 12.8. The average Bonchev–Trinajstić information content (AvgIpc) is 2.62. The smallest absolute Gasteiger partial charge is 0.326 e. The number of benzene rings is 1. The molecular weight excluding hydrogens is 308 g/mol. The number of aliphatic carboxylic acids is 1. The highest BCUT2D eigenvalue weighted by Gasteiger charge is 2.37. The van der Waals surface area contributed by atoms with E-state index in [0.29, 0.717) is 26.1 Å². The van der Waals surface area contributed by atoms with Crippen LogP contribution in [0.15, 0.2) is 30.3 Å². The molecule has 1 amide bonds. The van der Waals surface area contributed by atoms with E-state index in [4.69, 9.17) is 4.74 Å². The second-order valence-electron chi connectivity index (χ2n) is 6.46. The van der Waals surface area contributed by atoms with E-state index in [1.807, 2.05) is 18.2 Å². The third-order valence-corrected chi connectivity index (χ3v) is 4.75. The first-order valence-electron chi connectivity index (χ1n) is 8.56. The molecule has 2 fully saturated rings. The van der Waals surface area contributed by atoms with E-state index >= 15 is 0 Å². The Labute approximate surface area is 142 Å². The lowest BCUT2D eigenvalue weighted by Gasteiger charge is -2.38. The molecule has 24 heavy (non-hydrogen) atoms. The van der Waals surface area contributed by atoms with Crippen molar-refractivity contribution in [2.24, 2.45) is 0 Å². The van der Waals surface area contributed by atoms with Crippen LogP contribution in [0.5, 0.6) is 0 Å². The minimum atomic E-state index is -0.917. The molecule has 3 rings (SSSR count). The molecule has 0 bridgehead atoms. The van der Waals surface area contributed by atoms with Gasteiger partial charge in [0.05, 0.1) is 6.61 Å². The van der Waals surface area contributed by atoms with Gasteiger partial charge in [0.25, 0.3) is 5.91 Å². The summed E-state index contributed by atoms with van der Waals surface area (Å²) in [4.78, 5) is 27.9. The Bertz CT molecular complexity index is 578. The first kappa shape index (κ1) is 16.9. The molecule has 1 aromatic rings. The molecule has 1 N–H and O–H groups in total. The Morgan fingerprint density at radius 3 is 2.71 bits per heavy atom. The third kappa shape index (κ3) is 3.94. The zero-order valence-electron chi connectivity index (χ0n) is 13.8. The average molecular weight is 332 g/mol. The molecule has 0 aromatic heterocycles. The van der Waals surface area contributed by atoms with Gasteiger partial charge in [0, 0.05) is 26.2 Å². The van der Waals surface area contributed by atoms with E-state index in [-0.39, 0.29) is 5.91 Å². The van der Waals surface area contributed by atoms with Gasteiger partial charge in [-0.25, -0.2) is 4.79 Å². The molecule has 0 aliphatic carbocycles. The predicted octanol–water partition coefficient (Wildman–Crippen LogP) is 1.35. The van der Waals surface area contributed by atoms with Crippen molar-refractivity contribution in [3.63, 3.8) is 0 Å². The molecule has 6 heteroatoms. The number of hydrogen-bond donors (Lipinski definition) is 1. The fourth-order valence-electron chi connectivity index (χ4n) is 3.47. The molecule has 0 saturated carbocycles. The number of rotatable bonds is 4. The Hall–Kier alpha value is -1.92. The number of piperidine rings is 1. The summed E-state index contributed by atoms with van der Waals surface area (Å²) in [5.74, 6) is -1.10. The summed E-state index contributed by atoms with van der Waals surface area (Å²) < 4.78 is 5.66. The van der Waals surface area contributed by atoms with Crippen LogP contribution < -0.4 is 0 Å². The molecule has 0 spiro atoms. The van der Waals surface area contributed by atoms with Crippen LogP contribution in [0.2, 0.25) is 0 Å². The number of morpholine rings is 1. The minimum absolute atomic E-state index is 0.181. The third-order valence-electron chi connectivity index (χ3n) is 4.75. The first-order chi connectivity index (χ1) is 11.6. The van der Waals surface area contributed by atoms with Gasteiger partial charge in [0.2, 0.25) is 0 Å². The Morgan fingerprint density at radius 1 is 1.17 bits per heavy atom. The Morgan fingerprint density at radius 2 is 1.96 bits per heavy atom. The maximum Gasteiger partial charge on any atom is 0.326 e. The predicted molar refractivity (Wildman–Crippen MR) is 88.4 cm³/mol. The monoisotopic (exact) mass is 332 g/mol. The summed E-state index contributed by atoms with van der Waals surface area (Å²) in [7, 11) is 0. The van der Waals surface area contributed by atoms with Gasteiger partial charge in [-0.2, -0.15) is 0 Å². The lowest BCUT2D eigenvalue weighted by molar-refractivity contribution is -0.161. The number of carbonyl (C=O) groups excluding carboxylic acids is 1. The van der Waals surface area contributed by atoms with E-state index in [1.165, 1.54) is 10.5 Å². The maximum atomic E-state index is 12.8. The number of ether oxygens (including phenoxy) is 1. The van der Waals surface area contributed by atoms with E-state index in [1.54, 1.807) is 0 Å². The molecule has 2 saturated heterocycles. The van der Waals surface area contributed by atoms with Crippen molar-refractivity contribution < 1.29 is 19.4 Å². The van der Waals surface area contributed by atoms with Gasteiger partial charge >= 0.3 is 5.97 Å². The van der Waals surface area contributed by atoms with Crippen LogP contribution in [0.4, 0.5) is 0 Å². The molecule has 2 unspecified atom stereocenters. The van der Waals surface area contributed by atoms with Crippen molar-refractivity contribution in [3.8, 4) is 0 Å². The molecule has 130 valence electrons. The van der Waals surface area contributed by atoms with Crippen LogP contribution in [0.25, 0.3) is 0 Å². The summed E-state index contributed by atoms with van der Waals surface area (Å²) in [6.45, 7) is 3.07. The number of likely N-dealkylation sites (tertiary alicyclic amines) is 1. The molecule has 2 aliphatic heterocycles. The van der Waals surface area contributed by atoms with Crippen molar-refractivity contribution in [2.45, 2.75) is 38.0 Å². The van der Waals surface area contributed by atoms with Gasteiger partial charge in [-0.15, -0.1) is 0 Å². The number of carboxylic acids is 1. The summed E-state index contributed by atoms with van der Waals surface area (Å²) >= 11 is 0. The van der Waals surface area contributed by atoms with Crippen LogP contribution >= 0.6 is 0 Å². The number of carbonyl (C=O) groups is 2. The highest BCUT2D eigenvalue weighted by Crippen LogP contribution is 2.20.